The first kappa shape index (κ1) is 15.9. The molecule has 0 unspecified atom stereocenters. The Morgan fingerprint density at radius 2 is 1.73 bits per heavy atom. The Hall–Kier alpha value is -2.53. The monoisotopic (exact) mass is 327 g/mol. The first-order valence-electron chi connectivity index (χ1n) is 5.84. The van der Waals surface area contributed by atoms with Crippen molar-refractivity contribution in [2.75, 3.05) is 0 Å². The Kier molecular flexibility index (Phi) is 4.10. The summed E-state index contributed by atoms with van der Waals surface area (Å²) in [6.45, 7) is 0. The van der Waals surface area contributed by atoms with Gasteiger partial charge in [-0.05, 0) is 30.3 Å². The number of alkyl halides is 3. The van der Waals surface area contributed by atoms with Crippen LogP contribution in [0, 0.1) is 11.3 Å². The zero-order valence-corrected chi connectivity index (χ0v) is 11.6. The Balaban J connectivity index is 2.51. The van der Waals surface area contributed by atoms with E-state index in [1.807, 2.05) is 0 Å². The molecule has 0 bridgehead atoms. The third-order valence-electron chi connectivity index (χ3n) is 2.65. The molecule has 0 saturated heterocycles. The number of ether oxygens (including phenoxy) is 1. The van der Waals surface area contributed by atoms with E-state index in [1.54, 1.807) is 6.07 Å². The van der Waals surface area contributed by atoms with Gasteiger partial charge in [0.15, 0.2) is 0 Å². The molecular weight excluding hydrogens is 319 g/mol. The molecule has 0 radical (unpaired) electrons. The van der Waals surface area contributed by atoms with Gasteiger partial charge in [0.2, 0.25) is 9.84 Å². The number of benzene rings is 2. The van der Waals surface area contributed by atoms with Gasteiger partial charge in [-0.15, -0.1) is 13.2 Å². The lowest BCUT2D eigenvalue weighted by atomic mass is 10.2. The van der Waals surface area contributed by atoms with Crippen molar-refractivity contribution >= 4 is 9.84 Å². The molecule has 2 aromatic carbocycles. The predicted molar refractivity (Wildman–Crippen MR) is 69.7 cm³/mol. The second-order valence-corrected chi connectivity index (χ2v) is 6.05. The van der Waals surface area contributed by atoms with Gasteiger partial charge in [-0.25, -0.2) is 8.42 Å². The molecule has 0 aromatic heterocycles. The van der Waals surface area contributed by atoms with E-state index < -0.39 is 26.8 Å². The SMILES string of the molecule is N#Cc1ccccc1S(=O)(=O)c1cccc(OC(F)(F)F)c1. The summed E-state index contributed by atoms with van der Waals surface area (Å²) < 4.78 is 65.2. The molecule has 8 heteroatoms. The largest absolute Gasteiger partial charge is 0.573 e. The van der Waals surface area contributed by atoms with Crippen molar-refractivity contribution in [3.05, 3.63) is 54.1 Å². The van der Waals surface area contributed by atoms with E-state index in [4.69, 9.17) is 5.26 Å². The van der Waals surface area contributed by atoms with Crippen LogP contribution in [-0.2, 0) is 9.84 Å². The fourth-order valence-electron chi connectivity index (χ4n) is 1.76. The zero-order valence-electron chi connectivity index (χ0n) is 10.8. The maximum absolute atomic E-state index is 12.4. The average molecular weight is 327 g/mol. The minimum absolute atomic E-state index is 0.0929. The van der Waals surface area contributed by atoms with Gasteiger partial charge in [-0.2, -0.15) is 5.26 Å². The van der Waals surface area contributed by atoms with Crippen LogP contribution in [0.5, 0.6) is 5.75 Å². The van der Waals surface area contributed by atoms with Crippen molar-refractivity contribution in [1.82, 2.24) is 0 Å². The molecule has 0 aliphatic rings. The minimum atomic E-state index is -4.92. The molecule has 0 heterocycles. The summed E-state index contributed by atoms with van der Waals surface area (Å²) >= 11 is 0. The molecule has 0 N–H and O–H groups in total. The van der Waals surface area contributed by atoms with Crippen LogP contribution >= 0.6 is 0 Å². The smallest absolute Gasteiger partial charge is 0.406 e. The molecule has 4 nitrogen and oxygen atoms in total. The summed E-state index contributed by atoms with van der Waals surface area (Å²) in [7, 11) is -4.13. The van der Waals surface area contributed by atoms with Crippen molar-refractivity contribution in [3.8, 4) is 11.8 Å². The van der Waals surface area contributed by atoms with E-state index in [2.05, 4.69) is 4.74 Å². The Labute approximate surface area is 124 Å². The number of halogens is 3. The average Bonchev–Trinajstić information content (AvgIpc) is 2.45. The number of hydrogen-bond donors (Lipinski definition) is 0. The summed E-state index contributed by atoms with van der Waals surface area (Å²) in [6.07, 6.45) is -4.92. The lowest BCUT2D eigenvalue weighted by molar-refractivity contribution is -0.274. The molecule has 114 valence electrons. The predicted octanol–water partition coefficient (Wildman–Crippen LogP) is 3.29. The Bertz CT molecular complexity index is 839. The molecule has 0 amide bonds. The number of rotatable bonds is 3. The van der Waals surface area contributed by atoms with Crippen LogP contribution in [0.1, 0.15) is 5.56 Å². The van der Waals surface area contributed by atoms with Gasteiger partial charge in [-0.1, -0.05) is 18.2 Å². The minimum Gasteiger partial charge on any atom is -0.406 e. The Morgan fingerprint density at radius 3 is 2.36 bits per heavy atom. The highest BCUT2D eigenvalue weighted by Crippen LogP contribution is 2.29. The number of nitrogens with zero attached hydrogens (tertiary/aromatic N) is 1. The quantitative estimate of drug-likeness (QED) is 0.867. The molecule has 0 aliphatic heterocycles. The third kappa shape index (κ3) is 3.38. The van der Waals surface area contributed by atoms with E-state index in [9.17, 15) is 21.6 Å². The van der Waals surface area contributed by atoms with Gasteiger partial charge in [0.25, 0.3) is 0 Å². The van der Waals surface area contributed by atoms with Crippen molar-refractivity contribution in [1.29, 1.82) is 5.26 Å². The van der Waals surface area contributed by atoms with Crippen molar-refractivity contribution < 1.29 is 26.3 Å². The lowest BCUT2D eigenvalue weighted by Gasteiger charge is -2.11. The van der Waals surface area contributed by atoms with Gasteiger partial charge >= 0.3 is 6.36 Å². The van der Waals surface area contributed by atoms with Gasteiger partial charge in [0.1, 0.15) is 11.8 Å². The Morgan fingerprint density at radius 1 is 1.05 bits per heavy atom. The molecule has 0 fully saturated rings. The van der Waals surface area contributed by atoms with Crippen LogP contribution in [0.3, 0.4) is 0 Å². The summed E-state index contributed by atoms with van der Waals surface area (Å²) in [5.41, 5.74) is -0.0929. The molecular formula is C14H8F3NO3S. The molecule has 0 atom stereocenters. The standard InChI is InChI=1S/C14H8F3NO3S/c15-14(16,17)21-11-5-3-6-12(8-11)22(19,20)13-7-2-1-4-10(13)9-18/h1-8H. The molecule has 2 rings (SSSR count). The van der Waals surface area contributed by atoms with Crippen molar-refractivity contribution in [3.63, 3.8) is 0 Å². The highest BCUT2D eigenvalue weighted by atomic mass is 32.2. The van der Waals surface area contributed by atoms with E-state index in [0.717, 1.165) is 24.3 Å². The van der Waals surface area contributed by atoms with Crippen LogP contribution in [0.4, 0.5) is 13.2 Å². The third-order valence-corrected chi connectivity index (χ3v) is 4.46. The van der Waals surface area contributed by atoms with Gasteiger partial charge in [0.05, 0.1) is 15.4 Å². The number of nitriles is 1. The van der Waals surface area contributed by atoms with Crippen LogP contribution in [-0.4, -0.2) is 14.8 Å². The first-order valence-corrected chi connectivity index (χ1v) is 7.32. The topological polar surface area (TPSA) is 67.2 Å². The van der Waals surface area contributed by atoms with E-state index in [-0.39, 0.29) is 10.5 Å². The molecule has 0 aliphatic carbocycles. The first-order chi connectivity index (χ1) is 10.2. The summed E-state index contributed by atoms with van der Waals surface area (Å²) in [5, 5.41) is 8.95. The normalized spacial score (nSPS) is 11.7. The van der Waals surface area contributed by atoms with E-state index in [0.29, 0.717) is 0 Å². The number of sulfone groups is 1. The van der Waals surface area contributed by atoms with Crippen molar-refractivity contribution in [2.45, 2.75) is 16.2 Å². The second kappa shape index (κ2) is 5.69. The summed E-state index contributed by atoms with van der Waals surface area (Å²) in [6, 6.07) is 11.2. The lowest BCUT2D eigenvalue weighted by Crippen LogP contribution is -2.17. The van der Waals surface area contributed by atoms with Gasteiger partial charge < -0.3 is 4.74 Å². The molecule has 0 saturated carbocycles. The number of hydrogen-bond acceptors (Lipinski definition) is 4. The van der Waals surface area contributed by atoms with Crippen LogP contribution in [0.15, 0.2) is 58.3 Å². The summed E-state index contributed by atoms with van der Waals surface area (Å²) in [5.74, 6) is -0.650. The fraction of sp³-hybridized carbons (Fsp3) is 0.0714. The second-order valence-electron chi connectivity index (χ2n) is 4.13. The maximum atomic E-state index is 12.4. The maximum Gasteiger partial charge on any atom is 0.573 e. The van der Waals surface area contributed by atoms with Crippen LogP contribution in [0.25, 0.3) is 0 Å². The highest BCUT2D eigenvalue weighted by molar-refractivity contribution is 7.91. The molecule has 22 heavy (non-hydrogen) atoms. The zero-order chi connectivity index (χ0) is 16.4. The van der Waals surface area contributed by atoms with Crippen LogP contribution < -0.4 is 4.74 Å². The van der Waals surface area contributed by atoms with Crippen LogP contribution in [0.2, 0.25) is 0 Å². The van der Waals surface area contributed by atoms with E-state index in [1.165, 1.54) is 24.3 Å². The van der Waals surface area contributed by atoms with Crippen molar-refractivity contribution in [2.24, 2.45) is 0 Å². The van der Waals surface area contributed by atoms with Gasteiger partial charge in [-0.3, -0.25) is 0 Å². The highest BCUT2D eigenvalue weighted by Gasteiger charge is 2.31. The van der Waals surface area contributed by atoms with E-state index >= 15 is 0 Å². The van der Waals surface area contributed by atoms with Gasteiger partial charge in [0, 0.05) is 0 Å². The summed E-state index contributed by atoms with van der Waals surface area (Å²) in [4.78, 5) is -0.668. The fourth-order valence-corrected chi connectivity index (χ4v) is 3.20. The molecule has 2 aromatic rings. The molecule has 0 spiro atoms.